The molecule has 0 amide bonds. The molecule has 0 bridgehead atoms. The monoisotopic (exact) mass is 238 g/mol. The van der Waals surface area contributed by atoms with E-state index in [4.69, 9.17) is 10.3 Å². The fraction of sp³-hybridized carbons (Fsp3) is 0.833. The predicted octanol–water partition coefficient (Wildman–Crippen LogP) is 1.36. The van der Waals surface area contributed by atoms with Gasteiger partial charge in [-0.3, -0.25) is 4.90 Å². The molecule has 0 aliphatic carbocycles. The maximum atomic E-state index is 5.82. The number of aryl methyl sites for hydroxylation is 1. The van der Waals surface area contributed by atoms with Crippen LogP contribution in [0.5, 0.6) is 0 Å². The molecular weight excluding hydrogens is 216 g/mol. The molecule has 5 heteroatoms. The second kappa shape index (κ2) is 4.74. The van der Waals surface area contributed by atoms with Crippen molar-refractivity contribution in [1.29, 1.82) is 0 Å². The van der Waals surface area contributed by atoms with Crippen molar-refractivity contribution in [1.82, 2.24) is 15.0 Å². The third-order valence-corrected chi connectivity index (χ3v) is 3.79. The largest absolute Gasteiger partial charge is 0.338 e. The summed E-state index contributed by atoms with van der Waals surface area (Å²) in [6, 6.07) is 0.191. The van der Waals surface area contributed by atoms with Gasteiger partial charge >= 0.3 is 0 Å². The van der Waals surface area contributed by atoms with Crippen molar-refractivity contribution in [3.05, 3.63) is 11.7 Å². The topological polar surface area (TPSA) is 68.2 Å². The molecule has 17 heavy (non-hydrogen) atoms. The average molecular weight is 238 g/mol. The molecule has 2 atom stereocenters. The molecule has 0 spiro atoms. The Morgan fingerprint density at radius 3 is 2.88 bits per heavy atom. The summed E-state index contributed by atoms with van der Waals surface area (Å²) < 4.78 is 5.30. The van der Waals surface area contributed by atoms with Gasteiger partial charge in [0, 0.05) is 13.0 Å². The molecule has 1 aliphatic rings. The fourth-order valence-electron chi connectivity index (χ4n) is 2.30. The first-order chi connectivity index (χ1) is 8.08. The molecule has 1 aliphatic heterocycles. The first-order valence-corrected chi connectivity index (χ1v) is 6.34. The van der Waals surface area contributed by atoms with Gasteiger partial charge in [0.05, 0.1) is 6.04 Å². The van der Waals surface area contributed by atoms with Crippen LogP contribution in [0.2, 0.25) is 0 Å². The highest BCUT2D eigenvalue weighted by atomic mass is 16.5. The highest BCUT2D eigenvalue weighted by molar-refractivity contribution is 4.96. The van der Waals surface area contributed by atoms with Crippen molar-refractivity contribution >= 4 is 0 Å². The Balaban J connectivity index is 2.04. The van der Waals surface area contributed by atoms with Gasteiger partial charge in [-0.25, -0.2) is 0 Å². The lowest BCUT2D eigenvalue weighted by atomic mass is 9.90. The summed E-state index contributed by atoms with van der Waals surface area (Å²) in [5.74, 6) is 1.51. The molecule has 1 saturated heterocycles. The zero-order valence-corrected chi connectivity index (χ0v) is 10.9. The number of likely N-dealkylation sites (tertiary alicyclic amines) is 1. The van der Waals surface area contributed by atoms with Crippen molar-refractivity contribution in [3.63, 3.8) is 0 Å². The lowest BCUT2D eigenvalue weighted by Gasteiger charge is -2.25. The Kier molecular flexibility index (Phi) is 3.49. The molecule has 0 radical (unpaired) electrons. The van der Waals surface area contributed by atoms with Crippen LogP contribution in [0.25, 0.3) is 0 Å². The summed E-state index contributed by atoms with van der Waals surface area (Å²) in [6.07, 6.45) is 1.96. The molecule has 0 saturated carbocycles. The molecular formula is C12H22N4O. The second-order valence-corrected chi connectivity index (χ2v) is 5.31. The summed E-state index contributed by atoms with van der Waals surface area (Å²) in [5, 5.41) is 3.95. The van der Waals surface area contributed by atoms with Gasteiger partial charge in [0.1, 0.15) is 0 Å². The molecule has 2 rings (SSSR count). The Bertz CT molecular complexity index is 378. The molecule has 1 aromatic rings. The summed E-state index contributed by atoms with van der Waals surface area (Å²) in [5.41, 5.74) is 6.05. The fourth-order valence-corrected chi connectivity index (χ4v) is 2.30. The van der Waals surface area contributed by atoms with Crippen molar-refractivity contribution in [2.45, 2.75) is 39.7 Å². The summed E-state index contributed by atoms with van der Waals surface area (Å²) in [4.78, 5) is 6.77. The van der Waals surface area contributed by atoms with E-state index < -0.39 is 0 Å². The van der Waals surface area contributed by atoms with Gasteiger partial charge in [-0.1, -0.05) is 19.0 Å². The van der Waals surface area contributed by atoms with Crippen molar-refractivity contribution in [2.75, 3.05) is 19.6 Å². The highest BCUT2D eigenvalue weighted by Crippen LogP contribution is 2.33. The minimum absolute atomic E-state index is 0.191. The maximum Gasteiger partial charge on any atom is 0.243 e. The van der Waals surface area contributed by atoms with E-state index in [0.717, 1.165) is 44.2 Å². The lowest BCUT2D eigenvalue weighted by Crippen LogP contribution is -2.32. The van der Waals surface area contributed by atoms with E-state index in [1.54, 1.807) is 0 Å². The quantitative estimate of drug-likeness (QED) is 0.858. The van der Waals surface area contributed by atoms with Crippen LogP contribution in [0.15, 0.2) is 4.52 Å². The van der Waals surface area contributed by atoms with Crippen LogP contribution in [0.4, 0.5) is 0 Å². The molecule has 0 aromatic carbocycles. The number of nitrogens with zero attached hydrogens (tertiary/aromatic N) is 3. The second-order valence-electron chi connectivity index (χ2n) is 5.31. The molecule has 96 valence electrons. The van der Waals surface area contributed by atoms with Crippen LogP contribution in [0, 0.1) is 5.41 Å². The van der Waals surface area contributed by atoms with Gasteiger partial charge in [0.25, 0.3) is 0 Å². The Morgan fingerprint density at radius 1 is 1.59 bits per heavy atom. The van der Waals surface area contributed by atoms with Gasteiger partial charge in [-0.05, 0) is 31.8 Å². The van der Waals surface area contributed by atoms with Gasteiger partial charge in [-0.2, -0.15) is 4.98 Å². The average Bonchev–Trinajstić information content (AvgIpc) is 2.95. The summed E-state index contributed by atoms with van der Waals surface area (Å²) >= 11 is 0. The van der Waals surface area contributed by atoms with E-state index in [9.17, 15) is 0 Å². The number of nitrogens with two attached hydrogens (primary N) is 1. The zero-order chi connectivity index (χ0) is 12.5. The zero-order valence-electron chi connectivity index (χ0n) is 10.9. The standard InChI is InChI=1S/C12H22N4O/c1-4-10-14-11(17-15-10)9(2)16-6-5-12(3,7-13)8-16/h9H,4-8,13H2,1-3H3. The smallest absolute Gasteiger partial charge is 0.243 e. The minimum Gasteiger partial charge on any atom is -0.338 e. The highest BCUT2D eigenvalue weighted by Gasteiger charge is 2.36. The van der Waals surface area contributed by atoms with Crippen molar-refractivity contribution in [2.24, 2.45) is 11.1 Å². The number of hydrogen-bond donors (Lipinski definition) is 1. The van der Waals surface area contributed by atoms with Gasteiger partial charge in [0.15, 0.2) is 5.82 Å². The predicted molar refractivity (Wildman–Crippen MR) is 65.4 cm³/mol. The first-order valence-electron chi connectivity index (χ1n) is 6.34. The van der Waals surface area contributed by atoms with E-state index in [1.165, 1.54) is 0 Å². The van der Waals surface area contributed by atoms with E-state index in [-0.39, 0.29) is 11.5 Å². The van der Waals surface area contributed by atoms with E-state index >= 15 is 0 Å². The summed E-state index contributed by atoms with van der Waals surface area (Å²) in [6.45, 7) is 9.19. The minimum atomic E-state index is 0.191. The van der Waals surface area contributed by atoms with Gasteiger partial charge in [-0.15, -0.1) is 0 Å². The normalized spacial score (nSPS) is 27.5. The van der Waals surface area contributed by atoms with Crippen LogP contribution in [-0.2, 0) is 6.42 Å². The van der Waals surface area contributed by atoms with E-state index in [2.05, 4.69) is 28.9 Å². The number of rotatable bonds is 4. The molecule has 2 unspecified atom stereocenters. The van der Waals surface area contributed by atoms with Crippen LogP contribution in [0.1, 0.15) is 44.9 Å². The molecule has 1 fully saturated rings. The molecule has 2 heterocycles. The SMILES string of the molecule is CCc1noc(C(C)N2CCC(C)(CN)C2)n1. The first kappa shape index (κ1) is 12.5. The van der Waals surface area contributed by atoms with E-state index in [1.807, 2.05) is 6.92 Å². The third-order valence-electron chi connectivity index (χ3n) is 3.79. The van der Waals surface area contributed by atoms with Crippen LogP contribution in [-0.4, -0.2) is 34.7 Å². The molecule has 5 nitrogen and oxygen atoms in total. The van der Waals surface area contributed by atoms with Crippen LogP contribution in [0.3, 0.4) is 0 Å². The van der Waals surface area contributed by atoms with Crippen LogP contribution < -0.4 is 5.73 Å². The molecule has 1 aromatic heterocycles. The third kappa shape index (κ3) is 2.50. The van der Waals surface area contributed by atoms with Crippen LogP contribution >= 0.6 is 0 Å². The molecule has 2 N–H and O–H groups in total. The Hall–Kier alpha value is -0.940. The van der Waals surface area contributed by atoms with Gasteiger partial charge in [0.2, 0.25) is 5.89 Å². The van der Waals surface area contributed by atoms with E-state index in [0.29, 0.717) is 0 Å². The maximum absolute atomic E-state index is 5.82. The Labute approximate surface area is 102 Å². The van der Waals surface area contributed by atoms with Crippen molar-refractivity contribution < 1.29 is 4.52 Å². The van der Waals surface area contributed by atoms with Gasteiger partial charge < -0.3 is 10.3 Å². The summed E-state index contributed by atoms with van der Waals surface area (Å²) in [7, 11) is 0. The number of hydrogen-bond acceptors (Lipinski definition) is 5. The lowest BCUT2D eigenvalue weighted by molar-refractivity contribution is 0.188. The number of aromatic nitrogens is 2. The Morgan fingerprint density at radius 2 is 2.35 bits per heavy atom. The van der Waals surface area contributed by atoms with Crippen molar-refractivity contribution in [3.8, 4) is 0 Å².